The lowest BCUT2D eigenvalue weighted by Crippen LogP contribution is -2.29. The van der Waals surface area contributed by atoms with Gasteiger partial charge in [-0.25, -0.2) is 4.98 Å². The third-order valence-electron chi connectivity index (χ3n) is 3.92. The number of methoxy groups -OCH3 is 1. The Hall–Kier alpha value is -0.840. The van der Waals surface area contributed by atoms with Gasteiger partial charge in [0.15, 0.2) is 0 Å². The van der Waals surface area contributed by atoms with Gasteiger partial charge >= 0.3 is 0 Å². The van der Waals surface area contributed by atoms with Crippen LogP contribution in [-0.4, -0.2) is 31.2 Å². The summed E-state index contributed by atoms with van der Waals surface area (Å²) >= 11 is 3.62. The molecule has 4 nitrogen and oxygen atoms in total. The van der Waals surface area contributed by atoms with Crippen LogP contribution in [0.1, 0.15) is 53.2 Å². The largest absolute Gasteiger partial charge is 0.480 e. The maximum absolute atomic E-state index is 5.40. The van der Waals surface area contributed by atoms with Crippen molar-refractivity contribution in [1.82, 2.24) is 9.97 Å². The maximum Gasteiger partial charge on any atom is 0.232 e. The van der Waals surface area contributed by atoms with Crippen LogP contribution in [-0.2, 0) is 5.41 Å². The van der Waals surface area contributed by atoms with E-state index in [4.69, 9.17) is 9.72 Å². The Labute approximate surface area is 137 Å². The van der Waals surface area contributed by atoms with Gasteiger partial charge in [0.25, 0.3) is 0 Å². The summed E-state index contributed by atoms with van der Waals surface area (Å²) in [4.78, 5) is 11.1. The van der Waals surface area contributed by atoms with Crippen molar-refractivity contribution < 1.29 is 4.74 Å². The molecule has 0 aromatic carbocycles. The Morgan fingerprint density at radius 1 is 1.14 bits per heavy atom. The second kappa shape index (κ2) is 6.51. The van der Waals surface area contributed by atoms with Crippen molar-refractivity contribution in [3.05, 3.63) is 10.2 Å². The van der Waals surface area contributed by atoms with Gasteiger partial charge in [-0.05, 0) is 27.8 Å². The molecule has 1 aromatic rings. The summed E-state index contributed by atoms with van der Waals surface area (Å²) in [6.45, 7) is 11.3. The minimum Gasteiger partial charge on any atom is -0.480 e. The minimum absolute atomic E-state index is 0.0701. The van der Waals surface area contributed by atoms with Crippen molar-refractivity contribution in [2.45, 2.75) is 52.9 Å². The normalized spacial score (nSPS) is 12.4. The van der Waals surface area contributed by atoms with Crippen molar-refractivity contribution in [3.63, 3.8) is 0 Å². The highest BCUT2D eigenvalue weighted by atomic mass is 79.9. The zero-order valence-electron chi connectivity index (χ0n) is 14.5. The van der Waals surface area contributed by atoms with Crippen LogP contribution in [0.2, 0.25) is 0 Å². The predicted octanol–water partition coefficient (Wildman–Crippen LogP) is 4.42. The average molecular weight is 358 g/mol. The van der Waals surface area contributed by atoms with Crippen LogP contribution in [0.5, 0.6) is 5.88 Å². The number of anilines is 1. The van der Waals surface area contributed by atoms with E-state index in [1.807, 2.05) is 19.0 Å². The SMILES string of the molecule is CCC(C)(C)CC(C)(C)c1nc(N(C)C)nc(OC)c1Br. The highest BCUT2D eigenvalue weighted by Crippen LogP contribution is 2.42. The molecule has 21 heavy (non-hydrogen) atoms. The van der Waals surface area contributed by atoms with Crippen molar-refractivity contribution in [2.75, 3.05) is 26.1 Å². The third-order valence-corrected chi connectivity index (χ3v) is 4.64. The van der Waals surface area contributed by atoms with Crippen molar-refractivity contribution in [3.8, 4) is 5.88 Å². The van der Waals surface area contributed by atoms with Crippen LogP contribution >= 0.6 is 15.9 Å². The van der Waals surface area contributed by atoms with Gasteiger partial charge in [0.1, 0.15) is 4.47 Å². The topological polar surface area (TPSA) is 38.2 Å². The number of ether oxygens (including phenoxy) is 1. The molecule has 0 N–H and O–H groups in total. The van der Waals surface area contributed by atoms with Gasteiger partial charge in [0.05, 0.1) is 12.8 Å². The highest BCUT2D eigenvalue weighted by Gasteiger charge is 2.33. The molecule has 0 radical (unpaired) electrons. The molecular weight excluding hydrogens is 330 g/mol. The van der Waals surface area contributed by atoms with Crippen molar-refractivity contribution in [1.29, 1.82) is 0 Å². The van der Waals surface area contributed by atoms with Gasteiger partial charge in [-0.3, -0.25) is 0 Å². The maximum atomic E-state index is 5.40. The molecule has 0 aliphatic heterocycles. The van der Waals surface area contributed by atoms with E-state index in [1.54, 1.807) is 7.11 Å². The standard InChI is InChI=1S/C16H28BrN3O/c1-9-15(2,3)10-16(4,5)12-11(17)13(21-8)19-14(18-12)20(6)7/h9-10H2,1-8H3. The number of nitrogens with zero attached hydrogens (tertiary/aromatic N) is 3. The molecule has 0 bridgehead atoms. The van der Waals surface area contributed by atoms with E-state index >= 15 is 0 Å². The van der Waals surface area contributed by atoms with E-state index in [0.29, 0.717) is 11.8 Å². The molecule has 0 saturated carbocycles. The van der Waals surface area contributed by atoms with Crippen LogP contribution in [0, 0.1) is 5.41 Å². The van der Waals surface area contributed by atoms with Crippen LogP contribution in [0.25, 0.3) is 0 Å². The molecule has 0 aliphatic rings. The van der Waals surface area contributed by atoms with Crippen LogP contribution in [0.15, 0.2) is 4.47 Å². The summed E-state index contributed by atoms with van der Waals surface area (Å²) in [6, 6.07) is 0. The number of hydrogen-bond donors (Lipinski definition) is 0. The van der Waals surface area contributed by atoms with Crippen LogP contribution < -0.4 is 9.64 Å². The molecule has 0 atom stereocenters. The van der Waals surface area contributed by atoms with Gasteiger partial charge in [-0.15, -0.1) is 0 Å². The Balaban J connectivity index is 3.36. The lowest BCUT2D eigenvalue weighted by Gasteiger charge is -2.35. The Morgan fingerprint density at radius 2 is 1.71 bits per heavy atom. The van der Waals surface area contributed by atoms with Crippen molar-refractivity contribution >= 4 is 21.9 Å². The molecule has 0 fully saturated rings. The Kier molecular flexibility index (Phi) is 5.64. The summed E-state index contributed by atoms with van der Waals surface area (Å²) in [5.41, 5.74) is 1.19. The van der Waals surface area contributed by atoms with Crippen LogP contribution in [0.4, 0.5) is 5.95 Å². The fourth-order valence-electron chi connectivity index (χ4n) is 2.60. The quantitative estimate of drug-likeness (QED) is 0.755. The lowest BCUT2D eigenvalue weighted by molar-refractivity contribution is 0.243. The summed E-state index contributed by atoms with van der Waals surface area (Å²) in [7, 11) is 5.52. The van der Waals surface area contributed by atoms with E-state index in [-0.39, 0.29) is 10.8 Å². The summed E-state index contributed by atoms with van der Waals surface area (Å²) in [5.74, 6) is 1.26. The molecule has 0 unspecified atom stereocenters. The smallest absolute Gasteiger partial charge is 0.232 e. The van der Waals surface area contributed by atoms with E-state index in [2.05, 4.69) is 55.5 Å². The van der Waals surface area contributed by atoms with Gasteiger partial charge in [0.2, 0.25) is 11.8 Å². The van der Waals surface area contributed by atoms with Crippen LogP contribution in [0.3, 0.4) is 0 Å². The second-order valence-electron chi connectivity index (χ2n) is 7.17. The molecule has 1 aromatic heterocycles. The monoisotopic (exact) mass is 357 g/mol. The first kappa shape index (κ1) is 18.2. The molecule has 0 amide bonds. The zero-order valence-corrected chi connectivity index (χ0v) is 16.1. The lowest BCUT2D eigenvalue weighted by atomic mass is 9.72. The van der Waals surface area contributed by atoms with Gasteiger partial charge in [0, 0.05) is 19.5 Å². The first-order valence-corrected chi connectivity index (χ1v) is 8.12. The third kappa shape index (κ3) is 4.31. The second-order valence-corrected chi connectivity index (χ2v) is 7.96. The fraction of sp³-hybridized carbons (Fsp3) is 0.750. The van der Waals surface area contributed by atoms with E-state index in [1.165, 1.54) is 0 Å². The van der Waals surface area contributed by atoms with Crippen molar-refractivity contribution in [2.24, 2.45) is 5.41 Å². The Morgan fingerprint density at radius 3 is 2.14 bits per heavy atom. The first-order chi connectivity index (χ1) is 9.54. The summed E-state index contributed by atoms with van der Waals surface area (Å²) in [6.07, 6.45) is 2.18. The van der Waals surface area contributed by atoms with Gasteiger partial charge in [-0.1, -0.05) is 41.0 Å². The highest BCUT2D eigenvalue weighted by molar-refractivity contribution is 9.10. The molecule has 120 valence electrons. The van der Waals surface area contributed by atoms with E-state index in [0.717, 1.165) is 23.0 Å². The molecule has 5 heteroatoms. The zero-order chi connectivity index (χ0) is 16.4. The molecule has 0 spiro atoms. The minimum atomic E-state index is -0.0701. The van der Waals surface area contributed by atoms with Gasteiger partial charge in [-0.2, -0.15) is 4.98 Å². The molecule has 0 aliphatic carbocycles. The fourth-order valence-corrected chi connectivity index (χ4v) is 3.48. The number of aromatic nitrogens is 2. The molecule has 0 saturated heterocycles. The number of hydrogen-bond acceptors (Lipinski definition) is 4. The van der Waals surface area contributed by atoms with E-state index in [9.17, 15) is 0 Å². The summed E-state index contributed by atoms with van der Waals surface area (Å²) in [5, 5.41) is 0. The summed E-state index contributed by atoms with van der Waals surface area (Å²) < 4.78 is 6.26. The average Bonchev–Trinajstić information content (AvgIpc) is 2.37. The predicted molar refractivity (Wildman–Crippen MR) is 92.3 cm³/mol. The van der Waals surface area contributed by atoms with Gasteiger partial charge < -0.3 is 9.64 Å². The first-order valence-electron chi connectivity index (χ1n) is 7.33. The molecule has 1 heterocycles. The van der Waals surface area contributed by atoms with E-state index < -0.39 is 0 Å². The number of rotatable bonds is 6. The molecule has 1 rings (SSSR count). The molecular formula is C16H28BrN3O. The Bertz CT molecular complexity index is 499. The number of halogens is 1.